The van der Waals surface area contributed by atoms with E-state index in [0.29, 0.717) is 36.7 Å². The quantitative estimate of drug-likeness (QED) is 0.927. The van der Waals surface area contributed by atoms with Gasteiger partial charge in [-0.1, -0.05) is 18.9 Å². The predicted octanol–water partition coefficient (Wildman–Crippen LogP) is 2.75. The zero-order valence-electron chi connectivity index (χ0n) is 12.6. The van der Waals surface area contributed by atoms with Crippen LogP contribution in [0.25, 0.3) is 0 Å². The number of benzene rings is 1. The van der Waals surface area contributed by atoms with E-state index >= 15 is 0 Å². The van der Waals surface area contributed by atoms with Crippen LogP contribution in [0.5, 0.6) is 0 Å². The van der Waals surface area contributed by atoms with E-state index in [9.17, 15) is 13.2 Å². The van der Waals surface area contributed by atoms with Crippen molar-refractivity contribution in [2.24, 2.45) is 5.92 Å². The molecular weight excluding hydrogens is 300 g/mol. The summed E-state index contributed by atoms with van der Waals surface area (Å²) in [5.74, 6) is 0.723. The van der Waals surface area contributed by atoms with Crippen molar-refractivity contribution in [2.45, 2.75) is 38.5 Å². The Bertz CT molecular complexity index is 651. The highest BCUT2D eigenvalue weighted by Gasteiger charge is 2.28. The molecule has 1 heterocycles. The van der Waals surface area contributed by atoms with E-state index in [0.717, 1.165) is 12.8 Å². The molecule has 1 amide bonds. The van der Waals surface area contributed by atoms with Gasteiger partial charge >= 0.3 is 0 Å². The molecule has 5 nitrogen and oxygen atoms in total. The first-order valence-corrected chi connectivity index (χ1v) is 9.56. The van der Waals surface area contributed by atoms with Gasteiger partial charge in [-0.15, -0.1) is 0 Å². The van der Waals surface area contributed by atoms with Crippen LogP contribution in [0.1, 0.15) is 38.5 Å². The van der Waals surface area contributed by atoms with E-state index in [1.54, 1.807) is 24.3 Å². The van der Waals surface area contributed by atoms with Crippen molar-refractivity contribution in [2.75, 3.05) is 21.9 Å². The van der Waals surface area contributed by atoms with Crippen LogP contribution in [0.4, 0.5) is 11.4 Å². The lowest BCUT2D eigenvalue weighted by Crippen LogP contribution is -2.25. The molecule has 3 rings (SSSR count). The summed E-state index contributed by atoms with van der Waals surface area (Å²) < 4.78 is 25.4. The summed E-state index contributed by atoms with van der Waals surface area (Å²) in [5.41, 5.74) is 1.30. The number of hydrogen-bond donors (Lipinski definition) is 1. The van der Waals surface area contributed by atoms with E-state index in [1.807, 2.05) is 0 Å². The molecule has 0 aromatic heterocycles. The Morgan fingerprint density at radius 1 is 1.23 bits per heavy atom. The molecule has 120 valence electrons. The number of rotatable bonds is 4. The number of anilines is 2. The summed E-state index contributed by atoms with van der Waals surface area (Å²) in [7, 11) is -3.18. The second-order valence-electron chi connectivity index (χ2n) is 6.19. The minimum atomic E-state index is -3.18. The van der Waals surface area contributed by atoms with Gasteiger partial charge < -0.3 is 5.32 Å². The van der Waals surface area contributed by atoms with Crippen molar-refractivity contribution in [3.63, 3.8) is 0 Å². The van der Waals surface area contributed by atoms with Crippen molar-refractivity contribution in [3.05, 3.63) is 24.3 Å². The Hall–Kier alpha value is -1.56. The maximum atomic E-state index is 12.1. The Morgan fingerprint density at radius 3 is 2.68 bits per heavy atom. The molecule has 0 unspecified atom stereocenters. The number of carbonyl (C=O) groups is 1. The second kappa shape index (κ2) is 6.28. The van der Waals surface area contributed by atoms with Crippen LogP contribution in [0.2, 0.25) is 0 Å². The van der Waals surface area contributed by atoms with Gasteiger partial charge in [0.25, 0.3) is 0 Å². The lowest BCUT2D eigenvalue weighted by Gasteiger charge is -2.18. The van der Waals surface area contributed by atoms with Crippen molar-refractivity contribution >= 4 is 27.3 Å². The first-order chi connectivity index (χ1) is 10.5. The first kappa shape index (κ1) is 15.3. The third-order valence-corrected chi connectivity index (χ3v) is 6.34. The predicted molar refractivity (Wildman–Crippen MR) is 87.4 cm³/mol. The van der Waals surface area contributed by atoms with Crippen LogP contribution in [0, 0.1) is 5.92 Å². The Labute approximate surface area is 131 Å². The van der Waals surface area contributed by atoms with Gasteiger partial charge in [0.15, 0.2) is 0 Å². The first-order valence-electron chi connectivity index (χ1n) is 7.95. The molecule has 2 fully saturated rings. The van der Waals surface area contributed by atoms with Gasteiger partial charge in [0.2, 0.25) is 15.9 Å². The zero-order chi connectivity index (χ0) is 15.6. The third kappa shape index (κ3) is 3.43. The van der Waals surface area contributed by atoms with Crippen LogP contribution in [0.3, 0.4) is 0 Å². The fourth-order valence-corrected chi connectivity index (χ4v) is 4.91. The molecule has 1 saturated carbocycles. The normalized spacial score (nSPS) is 21.2. The summed E-state index contributed by atoms with van der Waals surface area (Å²) in [4.78, 5) is 12.1. The SMILES string of the molecule is O=C(CC1CCCC1)Nc1cccc(N2CCCS2(=O)=O)c1. The van der Waals surface area contributed by atoms with Gasteiger partial charge in [0.1, 0.15) is 0 Å². The Kier molecular flexibility index (Phi) is 4.38. The minimum Gasteiger partial charge on any atom is -0.326 e. The molecule has 2 aliphatic rings. The number of amides is 1. The van der Waals surface area contributed by atoms with E-state index < -0.39 is 10.0 Å². The summed E-state index contributed by atoms with van der Waals surface area (Å²) in [5, 5.41) is 2.90. The maximum absolute atomic E-state index is 12.1. The van der Waals surface area contributed by atoms with Crippen molar-refractivity contribution in [3.8, 4) is 0 Å². The monoisotopic (exact) mass is 322 g/mol. The average Bonchev–Trinajstić information content (AvgIpc) is 3.08. The van der Waals surface area contributed by atoms with Crippen molar-refractivity contribution in [1.29, 1.82) is 0 Å². The molecule has 1 N–H and O–H groups in total. The van der Waals surface area contributed by atoms with E-state index in [4.69, 9.17) is 0 Å². The highest BCUT2D eigenvalue weighted by atomic mass is 32.2. The highest BCUT2D eigenvalue weighted by Crippen LogP contribution is 2.29. The lowest BCUT2D eigenvalue weighted by molar-refractivity contribution is -0.117. The van der Waals surface area contributed by atoms with Gasteiger partial charge in [-0.3, -0.25) is 9.10 Å². The van der Waals surface area contributed by atoms with Gasteiger partial charge in [0, 0.05) is 18.7 Å². The fraction of sp³-hybridized carbons (Fsp3) is 0.562. The van der Waals surface area contributed by atoms with E-state index in [-0.39, 0.29) is 11.7 Å². The Balaban J connectivity index is 1.67. The Morgan fingerprint density at radius 2 is 2.00 bits per heavy atom. The van der Waals surface area contributed by atoms with Crippen molar-refractivity contribution < 1.29 is 13.2 Å². The topological polar surface area (TPSA) is 66.5 Å². The molecule has 1 aliphatic carbocycles. The smallest absolute Gasteiger partial charge is 0.235 e. The minimum absolute atomic E-state index is 0.0216. The summed E-state index contributed by atoms with van der Waals surface area (Å²) in [6.07, 6.45) is 5.94. The molecule has 1 aromatic rings. The number of carbonyl (C=O) groups excluding carboxylic acids is 1. The largest absolute Gasteiger partial charge is 0.326 e. The lowest BCUT2D eigenvalue weighted by atomic mass is 10.0. The van der Waals surface area contributed by atoms with Crippen LogP contribution < -0.4 is 9.62 Å². The molecule has 0 spiro atoms. The number of sulfonamides is 1. The summed E-state index contributed by atoms with van der Waals surface area (Å²) in [6, 6.07) is 7.11. The fourth-order valence-electron chi connectivity index (χ4n) is 3.36. The molecule has 0 atom stereocenters. The van der Waals surface area contributed by atoms with Crippen LogP contribution in [0.15, 0.2) is 24.3 Å². The molecule has 0 bridgehead atoms. The second-order valence-corrected chi connectivity index (χ2v) is 8.21. The van der Waals surface area contributed by atoms with Gasteiger partial charge in [0.05, 0.1) is 11.4 Å². The van der Waals surface area contributed by atoms with Crippen molar-refractivity contribution in [1.82, 2.24) is 0 Å². The molecular formula is C16H22N2O3S. The standard InChI is InChI=1S/C16H22N2O3S/c19-16(11-13-5-1-2-6-13)17-14-7-3-8-15(12-14)18-9-4-10-22(18,20)21/h3,7-8,12-13H,1-2,4-6,9-11H2,(H,17,19). The zero-order valence-corrected chi connectivity index (χ0v) is 13.4. The number of hydrogen-bond acceptors (Lipinski definition) is 3. The van der Waals surface area contributed by atoms with Crippen LogP contribution >= 0.6 is 0 Å². The summed E-state index contributed by atoms with van der Waals surface area (Å²) >= 11 is 0. The molecule has 6 heteroatoms. The summed E-state index contributed by atoms with van der Waals surface area (Å²) in [6.45, 7) is 0.516. The third-order valence-electron chi connectivity index (χ3n) is 4.47. The van der Waals surface area contributed by atoms with Crippen LogP contribution in [-0.4, -0.2) is 26.6 Å². The molecule has 0 radical (unpaired) electrons. The van der Waals surface area contributed by atoms with E-state index in [2.05, 4.69) is 5.32 Å². The van der Waals surface area contributed by atoms with Gasteiger partial charge in [-0.25, -0.2) is 8.42 Å². The molecule has 1 aromatic carbocycles. The molecule has 1 aliphatic heterocycles. The number of nitrogens with zero attached hydrogens (tertiary/aromatic N) is 1. The number of nitrogens with one attached hydrogen (secondary N) is 1. The molecule has 1 saturated heterocycles. The molecule has 22 heavy (non-hydrogen) atoms. The van der Waals surface area contributed by atoms with E-state index in [1.165, 1.54) is 17.1 Å². The maximum Gasteiger partial charge on any atom is 0.235 e. The van der Waals surface area contributed by atoms with Gasteiger partial charge in [-0.05, 0) is 43.4 Å². The highest BCUT2D eigenvalue weighted by molar-refractivity contribution is 7.93. The average molecular weight is 322 g/mol. The van der Waals surface area contributed by atoms with Gasteiger partial charge in [-0.2, -0.15) is 0 Å². The van der Waals surface area contributed by atoms with Crippen LogP contribution in [-0.2, 0) is 14.8 Å².